The number of aromatic nitrogens is 1. The molecule has 0 spiro atoms. The van der Waals surface area contributed by atoms with Gasteiger partial charge in [0.05, 0.1) is 11.3 Å². The van der Waals surface area contributed by atoms with Gasteiger partial charge in [-0.1, -0.05) is 6.92 Å². The molecule has 0 bridgehead atoms. The summed E-state index contributed by atoms with van der Waals surface area (Å²) in [6.07, 6.45) is 6.66. The molecule has 2 rings (SSSR count). The zero-order valence-electron chi connectivity index (χ0n) is 13.3. The lowest BCUT2D eigenvalue weighted by atomic mass is 10.0. The van der Waals surface area contributed by atoms with Crippen LogP contribution in [0, 0.1) is 0 Å². The second-order valence-electron chi connectivity index (χ2n) is 5.86. The molecule has 1 aromatic rings. The molecule has 1 aliphatic rings. The molecule has 116 valence electrons. The molecule has 1 amide bonds. The Kier molecular flexibility index (Phi) is 5.56. The second-order valence-corrected chi connectivity index (χ2v) is 5.86. The zero-order chi connectivity index (χ0) is 15.2. The summed E-state index contributed by atoms with van der Waals surface area (Å²) in [5, 5.41) is 3.32. The Balaban J connectivity index is 2.12. The predicted octanol–water partition coefficient (Wildman–Crippen LogP) is 2.07. The number of rotatable bonds is 5. The van der Waals surface area contributed by atoms with E-state index in [0.717, 1.165) is 44.6 Å². The first-order chi connectivity index (χ1) is 10.1. The molecule has 1 atom stereocenters. The fourth-order valence-electron chi connectivity index (χ4n) is 2.71. The molecule has 1 N–H and O–H groups in total. The third-order valence-electron chi connectivity index (χ3n) is 4.03. The highest BCUT2D eigenvalue weighted by atomic mass is 16.2. The molecule has 0 radical (unpaired) electrons. The summed E-state index contributed by atoms with van der Waals surface area (Å²) in [7, 11) is 4.16. The molecule has 0 saturated carbocycles. The smallest absolute Gasteiger partial charge is 0.257 e. The maximum absolute atomic E-state index is 12.8. The van der Waals surface area contributed by atoms with Crippen molar-refractivity contribution < 1.29 is 4.79 Å². The second kappa shape index (κ2) is 7.41. The van der Waals surface area contributed by atoms with E-state index in [1.165, 1.54) is 0 Å². The first-order valence-electron chi connectivity index (χ1n) is 7.77. The van der Waals surface area contributed by atoms with Gasteiger partial charge in [0.2, 0.25) is 0 Å². The van der Waals surface area contributed by atoms with Crippen LogP contribution in [0.25, 0.3) is 0 Å². The van der Waals surface area contributed by atoms with E-state index < -0.39 is 0 Å². The Morgan fingerprint density at radius 1 is 1.52 bits per heavy atom. The van der Waals surface area contributed by atoms with Crippen molar-refractivity contribution in [2.45, 2.75) is 32.2 Å². The number of amides is 1. The summed E-state index contributed by atoms with van der Waals surface area (Å²) < 4.78 is 0. The van der Waals surface area contributed by atoms with Crippen LogP contribution in [-0.2, 0) is 0 Å². The lowest BCUT2D eigenvalue weighted by Gasteiger charge is -2.36. The maximum atomic E-state index is 12.8. The van der Waals surface area contributed by atoms with Crippen LogP contribution in [0.3, 0.4) is 0 Å². The van der Waals surface area contributed by atoms with Crippen LogP contribution in [-0.4, -0.2) is 60.5 Å². The predicted molar refractivity (Wildman–Crippen MR) is 85.6 cm³/mol. The van der Waals surface area contributed by atoms with Crippen molar-refractivity contribution in [2.75, 3.05) is 39.0 Å². The largest absolute Gasteiger partial charge is 0.384 e. The van der Waals surface area contributed by atoms with E-state index in [1.807, 2.05) is 11.0 Å². The summed E-state index contributed by atoms with van der Waals surface area (Å²) in [5.74, 6) is 0.0910. The first-order valence-corrected chi connectivity index (χ1v) is 7.77. The topological polar surface area (TPSA) is 48.5 Å². The van der Waals surface area contributed by atoms with E-state index in [1.54, 1.807) is 12.4 Å². The molecular weight excluding hydrogens is 264 g/mol. The molecule has 1 saturated heterocycles. The van der Waals surface area contributed by atoms with E-state index in [0.29, 0.717) is 11.6 Å². The molecule has 0 aliphatic carbocycles. The summed E-state index contributed by atoms with van der Waals surface area (Å²) in [6, 6.07) is 2.34. The van der Waals surface area contributed by atoms with Gasteiger partial charge in [-0.25, -0.2) is 0 Å². The Labute approximate surface area is 127 Å². The van der Waals surface area contributed by atoms with E-state index in [4.69, 9.17) is 0 Å². The van der Waals surface area contributed by atoms with Gasteiger partial charge in [-0.3, -0.25) is 9.78 Å². The highest BCUT2D eigenvalue weighted by molar-refractivity contribution is 5.99. The van der Waals surface area contributed by atoms with E-state index in [-0.39, 0.29) is 5.91 Å². The quantitative estimate of drug-likeness (QED) is 0.902. The van der Waals surface area contributed by atoms with Gasteiger partial charge in [-0.15, -0.1) is 0 Å². The van der Waals surface area contributed by atoms with Gasteiger partial charge >= 0.3 is 0 Å². The molecule has 1 fully saturated rings. The van der Waals surface area contributed by atoms with Crippen LogP contribution in [0.4, 0.5) is 5.69 Å². The molecule has 1 unspecified atom stereocenters. The number of hydrogen-bond acceptors (Lipinski definition) is 4. The minimum absolute atomic E-state index is 0.0910. The average Bonchev–Trinajstić information content (AvgIpc) is 2.52. The van der Waals surface area contributed by atoms with Crippen LogP contribution < -0.4 is 5.32 Å². The highest BCUT2D eigenvalue weighted by Gasteiger charge is 2.26. The number of nitrogens with one attached hydrogen (secondary N) is 1. The fraction of sp³-hybridized carbons (Fsp3) is 0.625. The monoisotopic (exact) mass is 290 g/mol. The standard InChI is InChI=1S/C16H26N4O/c1-4-8-18-15-7-9-17-11-14(15)16(21)20-10-5-6-13(12-20)19(2)3/h7,9,11,13H,4-6,8,10,12H2,1-3H3,(H,17,18). The molecule has 5 heteroatoms. The van der Waals surface area contributed by atoms with Gasteiger partial charge in [0.15, 0.2) is 0 Å². The van der Waals surface area contributed by atoms with Crippen molar-refractivity contribution in [3.05, 3.63) is 24.0 Å². The van der Waals surface area contributed by atoms with Gasteiger partial charge in [0.1, 0.15) is 0 Å². The number of likely N-dealkylation sites (tertiary alicyclic amines) is 1. The van der Waals surface area contributed by atoms with Gasteiger partial charge in [-0.2, -0.15) is 0 Å². The highest BCUT2D eigenvalue weighted by Crippen LogP contribution is 2.20. The van der Waals surface area contributed by atoms with Crippen molar-refractivity contribution in [1.29, 1.82) is 0 Å². The van der Waals surface area contributed by atoms with Crippen molar-refractivity contribution in [2.24, 2.45) is 0 Å². The Hall–Kier alpha value is -1.62. The molecule has 2 heterocycles. The number of hydrogen-bond donors (Lipinski definition) is 1. The van der Waals surface area contributed by atoms with Crippen LogP contribution in [0.1, 0.15) is 36.5 Å². The van der Waals surface area contributed by atoms with Crippen LogP contribution in [0.15, 0.2) is 18.5 Å². The van der Waals surface area contributed by atoms with Crippen LogP contribution in [0.2, 0.25) is 0 Å². The lowest BCUT2D eigenvalue weighted by molar-refractivity contribution is 0.0635. The average molecular weight is 290 g/mol. The molecule has 1 aromatic heterocycles. The van der Waals surface area contributed by atoms with Crippen molar-refractivity contribution in [3.63, 3.8) is 0 Å². The normalized spacial score (nSPS) is 18.9. The van der Waals surface area contributed by atoms with E-state index >= 15 is 0 Å². The number of carbonyl (C=O) groups excluding carboxylic acids is 1. The summed E-state index contributed by atoms with van der Waals surface area (Å²) >= 11 is 0. The number of pyridine rings is 1. The lowest BCUT2D eigenvalue weighted by Crippen LogP contribution is -2.47. The SMILES string of the molecule is CCCNc1ccncc1C(=O)N1CCCC(N(C)C)C1. The van der Waals surface area contributed by atoms with E-state index in [9.17, 15) is 4.79 Å². The van der Waals surface area contributed by atoms with E-state index in [2.05, 4.69) is 36.2 Å². The summed E-state index contributed by atoms with van der Waals surface area (Å²) in [6.45, 7) is 4.62. The van der Waals surface area contributed by atoms with Crippen molar-refractivity contribution in [3.8, 4) is 0 Å². The maximum Gasteiger partial charge on any atom is 0.257 e. The van der Waals surface area contributed by atoms with Gasteiger partial charge in [-0.05, 0) is 39.4 Å². The number of likely N-dealkylation sites (N-methyl/N-ethyl adjacent to an activating group) is 1. The van der Waals surface area contributed by atoms with Crippen molar-refractivity contribution in [1.82, 2.24) is 14.8 Å². The number of nitrogens with zero attached hydrogens (tertiary/aromatic N) is 3. The number of piperidine rings is 1. The van der Waals surface area contributed by atoms with Gasteiger partial charge in [0.25, 0.3) is 5.91 Å². The number of carbonyl (C=O) groups is 1. The van der Waals surface area contributed by atoms with Gasteiger partial charge in [0, 0.05) is 38.1 Å². The minimum atomic E-state index is 0.0910. The van der Waals surface area contributed by atoms with Crippen LogP contribution >= 0.6 is 0 Å². The third kappa shape index (κ3) is 3.94. The van der Waals surface area contributed by atoms with Gasteiger partial charge < -0.3 is 15.1 Å². The van der Waals surface area contributed by atoms with Crippen LogP contribution in [0.5, 0.6) is 0 Å². The number of anilines is 1. The Morgan fingerprint density at radius 3 is 3.05 bits per heavy atom. The first kappa shape index (κ1) is 15.8. The Bertz CT molecular complexity index is 475. The molecule has 1 aliphatic heterocycles. The fourth-order valence-corrected chi connectivity index (χ4v) is 2.71. The zero-order valence-corrected chi connectivity index (χ0v) is 13.3. The summed E-state index contributed by atoms with van der Waals surface area (Å²) in [5.41, 5.74) is 1.58. The van der Waals surface area contributed by atoms with Crippen molar-refractivity contribution >= 4 is 11.6 Å². The Morgan fingerprint density at radius 2 is 2.33 bits per heavy atom. The molecule has 21 heavy (non-hydrogen) atoms. The molecular formula is C16H26N4O. The molecule has 0 aromatic carbocycles. The third-order valence-corrected chi connectivity index (χ3v) is 4.03. The molecule has 5 nitrogen and oxygen atoms in total. The summed E-state index contributed by atoms with van der Waals surface area (Å²) in [4.78, 5) is 21.1. The minimum Gasteiger partial charge on any atom is -0.384 e.